The molecular formula is C20H31N3O2S3. The van der Waals surface area contributed by atoms with Crippen LogP contribution in [0.25, 0.3) is 9.88 Å². The highest BCUT2D eigenvalue weighted by molar-refractivity contribution is 7.89. The van der Waals surface area contributed by atoms with E-state index in [2.05, 4.69) is 21.5 Å². The SMILES string of the molecule is Cc1nc(-c2cc(S(=O)(=O)NCC[C@@H](C)N3CCCCCC3)c(C)s2)sc1C. The number of nitrogens with one attached hydrogen (secondary N) is 1. The Balaban J connectivity index is 1.63. The van der Waals surface area contributed by atoms with Crippen LogP contribution in [0.15, 0.2) is 11.0 Å². The third-order valence-corrected chi connectivity index (χ3v) is 9.53. The Morgan fingerprint density at radius 3 is 2.39 bits per heavy atom. The molecule has 1 aliphatic rings. The van der Waals surface area contributed by atoms with Crippen LogP contribution in [0.3, 0.4) is 0 Å². The minimum absolute atomic E-state index is 0.389. The zero-order chi connectivity index (χ0) is 20.3. The Bertz CT molecular complexity index is 874. The summed E-state index contributed by atoms with van der Waals surface area (Å²) in [7, 11) is -3.50. The van der Waals surface area contributed by atoms with E-state index in [9.17, 15) is 8.42 Å². The van der Waals surface area contributed by atoms with E-state index >= 15 is 0 Å². The van der Waals surface area contributed by atoms with Crippen molar-refractivity contribution in [2.75, 3.05) is 19.6 Å². The van der Waals surface area contributed by atoms with Crippen LogP contribution in [0.5, 0.6) is 0 Å². The molecule has 3 heterocycles. The molecule has 0 aliphatic carbocycles. The fraction of sp³-hybridized carbons (Fsp3) is 0.650. The fourth-order valence-electron chi connectivity index (χ4n) is 3.61. The molecule has 28 heavy (non-hydrogen) atoms. The van der Waals surface area contributed by atoms with Crippen molar-refractivity contribution in [3.05, 3.63) is 21.5 Å². The van der Waals surface area contributed by atoms with Crippen molar-refractivity contribution < 1.29 is 8.42 Å². The van der Waals surface area contributed by atoms with Crippen LogP contribution in [0.4, 0.5) is 0 Å². The predicted octanol–water partition coefficient (Wildman–Crippen LogP) is 4.73. The van der Waals surface area contributed by atoms with Crippen LogP contribution < -0.4 is 4.72 Å². The molecule has 0 aromatic carbocycles. The van der Waals surface area contributed by atoms with Gasteiger partial charge < -0.3 is 4.90 Å². The highest BCUT2D eigenvalue weighted by Crippen LogP contribution is 2.36. The summed E-state index contributed by atoms with van der Waals surface area (Å²) in [6.07, 6.45) is 5.97. The molecule has 1 fully saturated rings. The molecule has 5 nitrogen and oxygen atoms in total. The second-order valence-corrected chi connectivity index (χ2v) is 11.9. The maximum absolute atomic E-state index is 12.8. The Labute approximate surface area is 177 Å². The summed E-state index contributed by atoms with van der Waals surface area (Å²) in [5.74, 6) is 0. The Morgan fingerprint density at radius 1 is 1.11 bits per heavy atom. The van der Waals surface area contributed by atoms with E-state index < -0.39 is 10.0 Å². The number of nitrogens with zero attached hydrogens (tertiary/aromatic N) is 2. The maximum Gasteiger partial charge on any atom is 0.241 e. The number of rotatable bonds is 7. The highest BCUT2D eigenvalue weighted by Gasteiger charge is 2.22. The summed E-state index contributed by atoms with van der Waals surface area (Å²) in [5.41, 5.74) is 1.01. The molecule has 0 radical (unpaired) electrons. The van der Waals surface area contributed by atoms with Gasteiger partial charge in [0.25, 0.3) is 0 Å². The van der Waals surface area contributed by atoms with E-state index in [0.717, 1.165) is 40.0 Å². The molecule has 2 aromatic rings. The van der Waals surface area contributed by atoms with Gasteiger partial charge in [-0.3, -0.25) is 0 Å². The third-order valence-electron chi connectivity index (χ3n) is 5.52. The number of likely N-dealkylation sites (tertiary alicyclic amines) is 1. The van der Waals surface area contributed by atoms with Gasteiger partial charge in [0.15, 0.2) is 0 Å². The molecule has 156 valence electrons. The van der Waals surface area contributed by atoms with Crippen LogP contribution in [0, 0.1) is 20.8 Å². The zero-order valence-corrected chi connectivity index (χ0v) is 19.7. The predicted molar refractivity (Wildman–Crippen MR) is 119 cm³/mol. The van der Waals surface area contributed by atoms with Crippen molar-refractivity contribution in [2.45, 2.75) is 70.7 Å². The van der Waals surface area contributed by atoms with Crippen molar-refractivity contribution >= 4 is 32.7 Å². The second-order valence-electron chi connectivity index (χ2n) is 7.68. The molecule has 2 aromatic heterocycles. The number of thiophene rings is 1. The highest BCUT2D eigenvalue weighted by atomic mass is 32.2. The van der Waals surface area contributed by atoms with Crippen LogP contribution in [-0.2, 0) is 10.0 Å². The van der Waals surface area contributed by atoms with E-state index in [4.69, 9.17) is 0 Å². The molecule has 1 aliphatic heterocycles. The minimum atomic E-state index is -3.50. The average Bonchev–Trinajstić information content (AvgIpc) is 3.06. The molecule has 0 saturated carbocycles. The zero-order valence-electron chi connectivity index (χ0n) is 17.2. The van der Waals surface area contributed by atoms with Gasteiger partial charge in [0, 0.05) is 22.3 Å². The topological polar surface area (TPSA) is 62.3 Å². The van der Waals surface area contributed by atoms with Crippen molar-refractivity contribution in [3.63, 3.8) is 0 Å². The lowest BCUT2D eigenvalue weighted by Crippen LogP contribution is -2.37. The van der Waals surface area contributed by atoms with Gasteiger partial charge in [-0.25, -0.2) is 18.1 Å². The normalized spacial score (nSPS) is 17.6. The molecule has 1 atom stereocenters. The summed E-state index contributed by atoms with van der Waals surface area (Å²) in [5, 5.41) is 0.902. The maximum atomic E-state index is 12.8. The van der Waals surface area contributed by atoms with Gasteiger partial charge >= 0.3 is 0 Å². The molecule has 3 rings (SSSR count). The fourth-order valence-corrected chi connectivity index (χ4v) is 7.21. The number of aryl methyl sites for hydroxylation is 3. The first-order valence-corrected chi connectivity index (χ1v) is 13.2. The first-order valence-electron chi connectivity index (χ1n) is 10.1. The summed E-state index contributed by atoms with van der Waals surface area (Å²) in [4.78, 5) is 10.4. The molecule has 1 N–H and O–H groups in total. The lowest BCUT2D eigenvalue weighted by atomic mass is 10.2. The molecule has 1 saturated heterocycles. The van der Waals surface area contributed by atoms with E-state index in [1.54, 1.807) is 17.4 Å². The van der Waals surface area contributed by atoms with E-state index in [1.165, 1.54) is 41.9 Å². The molecule has 0 amide bonds. The van der Waals surface area contributed by atoms with Crippen LogP contribution in [0.2, 0.25) is 0 Å². The Morgan fingerprint density at radius 2 is 1.79 bits per heavy atom. The van der Waals surface area contributed by atoms with Crippen LogP contribution in [0.1, 0.15) is 54.5 Å². The molecule has 0 bridgehead atoms. The smallest absolute Gasteiger partial charge is 0.241 e. The van der Waals surface area contributed by atoms with E-state index in [0.29, 0.717) is 17.5 Å². The quantitative estimate of drug-likeness (QED) is 0.675. The van der Waals surface area contributed by atoms with E-state index in [-0.39, 0.29) is 0 Å². The second kappa shape index (κ2) is 9.34. The lowest BCUT2D eigenvalue weighted by Gasteiger charge is -2.27. The van der Waals surface area contributed by atoms with Crippen molar-refractivity contribution in [2.24, 2.45) is 0 Å². The standard InChI is InChI=1S/C20H31N3O2S3/c1-14(23-11-7-5-6-8-12-23)9-10-21-28(24,25)19-13-18(26-17(19)4)20-22-15(2)16(3)27-20/h13-14,21H,5-12H2,1-4H3/t14-/m1/s1. The van der Waals surface area contributed by atoms with Crippen molar-refractivity contribution in [1.29, 1.82) is 0 Å². The van der Waals surface area contributed by atoms with Crippen molar-refractivity contribution in [3.8, 4) is 9.88 Å². The van der Waals surface area contributed by atoms with E-state index in [1.807, 2.05) is 20.8 Å². The summed E-state index contributed by atoms with van der Waals surface area (Å²) < 4.78 is 28.5. The van der Waals surface area contributed by atoms with Gasteiger partial charge in [0.05, 0.1) is 15.5 Å². The molecule has 8 heteroatoms. The van der Waals surface area contributed by atoms with Gasteiger partial charge in [-0.15, -0.1) is 22.7 Å². The summed E-state index contributed by atoms with van der Waals surface area (Å²) in [6.45, 7) is 10.8. The molecular weight excluding hydrogens is 410 g/mol. The molecule has 0 unspecified atom stereocenters. The van der Waals surface area contributed by atoms with Gasteiger partial charge in [-0.05, 0) is 66.1 Å². The summed E-state index contributed by atoms with van der Waals surface area (Å²) in [6, 6.07) is 2.18. The molecule has 0 spiro atoms. The first kappa shape index (κ1) is 21.9. The van der Waals surface area contributed by atoms with Gasteiger partial charge in [0.2, 0.25) is 10.0 Å². The number of sulfonamides is 1. The van der Waals surface area contributed by atoms with Crippen molar-refractivity contribution in [1.82, 2.24) is 14.6 Å². The first-order chi connectivity index (χ1) is 13.3. The average molecular weight is 442 g/mol. The van der Waals surface area contributed by atoms with Gasteiger partial charge in [0.1, 0.15) is 5.01 Å². The number of thiazole rings is 1. The largest absolute Gasteiger partial charge is 0.301 e. The Kier molecular flexibility index (Phi) is 7.31. The van der Waals surface area contributed by atoms with Gasteiger partial charge in [-0.2, -0.15) is 0 Å². The van der Waals surface area contributed by atoms with Crippen LogP contribution in [-0.4, -0.2) is 44.0 Å². The minimum Gasteiger partial charge on any atom is -0.301 e. The number of hydrogen-bond donors (Lipinski definition) is 1. The monoisotopic (exact) mass is 441 g/mol. The van der Waals surface area contributed by atoms with Gasteiger partial charge in [-0.1, -0.05) is 12.8 Å². The summed E-state index contributed by atoms with van der Waals surface area (Å²) >= 11 is 3.12. The Hall–Kier alpha value is -0.800. The third kappa shape index (κ3) is 5.21. The van der Waals surface area contributed by atoms with Crippen LogP contribution >= 0.6 is 22.7 Å². The lowest BCUT2D eigenvalue weighted by molar-refractivity contribution is 0.208. The number of hydrogen-bond acceptors (Lipinski definition) is 6. The number of aromatic nitrogens is 1.